The smallest absolute Gasteiger partial charge is 0.407 e. The maximum absolute atomic E-state index is 12.1. The molecule has 26 heavy (non-hydrogen) atoms. The van der Waals surface area contributed by atoms with Crippen LogP contribution in [0.2, 0.25) is 0 Å². The first kappa shape index (κ1) is 21.6. The minimum atomic E-state index is -0.543. The third-order valence-corrected chi connectivity index (χ3v) is 4.59. The van der Waals surface area contributed by atoms with E-state index >= 15 is 0 Å². The summed E-state index contributed by atoms with van der Waals surface area (Å²) in [6.45, 7) is 7.59. The molecule has 0 saturated heterocycles. The van der Waals surface area contributed by atoms with Crippen molar-refractivity contribution < 1.29 is 14.3 Å². The lowest BCUT2D eigenvalue weighted by molar-refractivity contribution is -0.129. The number of nitrogens with zero attached hydrogens (tertiary/aromatic N) is 1. The third-order valence-electron chi connectivity index (χ3n) is 3.39. The fraction of sp³-hybridized carbons (Fsp3) is 0.300. The van der Waals surface area contributed by atoms with E-state index in [1.165, 1.54) is 16.7 Å². The van der Waals surface area contributed by atoms with Gasteiger partial charge in [-0.2, -0.15) is 0 Å². The summed E-state index contributed by atoms with van der Waals surface area (Å²) in [5.41, 5.74) is 0.904. The quantitative estimate of drug-likeness (QED) is 0.634. The van der Waals surface area contributed by atoms with Gasteiger partial charge >= 0.3 is 6.09 Å². The molecule has 1 aromatic carbocycles. The zero-order chi connectivity index (χ0) is 19.4. The van der Waals surface area contributed by atoms with Gasteiger partial charge in [0, 0.05) is 31.2 Å². The lowest BCUT2D eigenvalue weighted by Gasteiger charge is -2.20. The van der Waals surface area contributed by atoms with Crippen molar-refractivity contribution in [3.05, 3.63) is 72.2 Å². The largest absolute Gasteiger partial charge is 0.445 e. The van der Waals surface area contributed by atoms with Crippen molar-refractivity contribution in [2.24, 2.45) is 0 Å². The molecule has 0 fully saturated rings. The van der Waals surface area contributed by atoms with Crippen molar-refractivity contribution in [2.75, 3.05) is 19.8 Å². The molecule has 0 aliphatic heterocycles. The van der Waals surface area contributed by atoms with Gasteiger partial charge in [-0.05, 0) is 11.6 Å². The Hall–Kier alpha value is -2.47. The number of carbonyl (C=O) groups excluding carboxylic acids is 2. The molecular weight excluding hydrogens is 348 g/mol. The van der Waals surface area contributed by atoms with Gasteiger partial charge in [0.25, 0.3) is 0 Å². The van der Waals surface area contributed by atoms with E-state index in [9.17, 15) is 9.59 Å². The van der Waals surface area contributed by atoms with Gasteiger partial charge in [-0.15, -0.1) is 11.8 Å². The molecule has 1 rings (SSSR count). The van der Waals surface area contributed by atoms with Crippen LogP contribution in [-0.2, 0) is 16.1 Å². The fourth-order valence-electron chi connectivity index (χ4n) is 1.96. The summed E-state index contributed by atoms with van der Waals surface area (Å²) in [4.78, 5) is 26.5. The number of rotatable bonds is 10. The minimum Gasteiger partial charge on any atom is -0.445 e. The second kappa shape index (κ2) is 12.0. The maximum Gasteiger partial charge on any atom is 0.407 e. The van der Waals surface area contributed by atoms with E-state index in [2.05, 4.69) is 18.5 Å². The van der Waals surface area contributed by atoms with Gasteiger partial charge in [0.1, 0.15) is 6.61 Å². The van der Waals surface area contributed by atoms with Gasteiger partial charge in [-0.25, -0.2) is 4.79 Å². The average Bonchev–Trinajstić information content (AvgIpc) is 2.63. The predicted octanol–water partition coefficient (Wildman–Crippen LogP) is 3.75. The molecule has 2 amide bonds. The van der Waals surface area contributed by atoms with Gasteiger partial charge in [0.15, 0.2) is 0 Å². The standard InChI is InChI=1S/C20H26N2O3S/c1-5-10-18(6-2)26-15-17(13-19(23)22(3)4)21-20(24)25-14-16-11-8-7-9-12-16/h5-12,17H,1-2,13-15H2,3-4H3,(H,21,24)/b18-10+. The van der Waals surface area contributed by atoms with Crippen molar-refractivity contribution >= 4 is 23.8 Å². The summed E-state index contributed by atoms with van der Waals surface area (Å²) in [6, 6.07) is 9.08. The normalized spacial score (nSPS) is 12.0. The molecule has 1 atom stereocenters. The van der Waals surface area contributed by atoms with Crippen LogP contribution in [0.5, 0.6) is 0 Å². The number of thioether (sulfide) groups is 1. The number of ether oxygens (including phenoxy) is 1. The number of hydrogen-bond acceptors (Lipinski definition) is 4. The number of hydrogen-bond donors (Lipinski definition) is 1. The number of allylic oxidation sites excluding steroid dienone is 3. The lowest BCUT2D eigenvalue weighted by Crippen LogP contribution is -2.40. The highest BCUT2D eigenvalue weighted by Crippen LogP contribution is 2.19. The van der Waals surface area contributed by atoms with Crippen LogP contribution in [0, 0.1) is 0 Å². The van der Waals surface area contributed by atoms with Crippen LogP contribution in [-0.4, -0.2) is 42.8 Å². The molecule has 0 aliphatic carbocycles. The topological polar surface area (TPSA) is 58.6 Å². The van der Waals surface area contributed by atoms with Crippen molar-refractivity contribution in [3.63, 3.8) is 0 Å². The van der Waals surface area contributed by atoms with E-state index in [1.807, 2.05) is 36.4 Å². The van der Waals surface area contributed by atoms with Gasteiger partial charge in [0.05, 0.1) is 6.04 Å². The van der Waals surface area contributed by atoms with Crippen LogP contribution in [0.15, 0.2) is 66.6 Å². The maximum atomic E-state index is 12.1. The SMILES string of the molecule is C=C/C=C(\C=C)SCC(CC(=O)N(C)C)NC(=O)OCc1ccccc1. The Balaban J connectivity index is 2.63. The molecule has 0 spiro atoms. The number of alkyl carbamates (subject to hydrolysis) is 1. The van der Waals surface area contributed by atoms with E-state index in [4.69, 9.17) is 4.74 Å². The molecule has 0 aliphatic rings. The minimum absolute atomic E-state index is 0.0631. The molecule has 0 radical (unpaired) electrons. The monoisotopic (exact) mass is 374 g/mol. The highest BCUT2D eigenvalue weighted by Gasteiger charge is 2.19. The second-order valence-electron chi connectivity index (χ2n) is 5.72. The van der Waals surface area contributed by atoms with E-state index in [0.717, 1.165) is 10.5 Å². The molecule has 1 N–H and O–H groups in total. The molecule has 0 aromatic heterocycles. The van der Waals surface area contributed by atoms with Crippen molar-refractivity contribution in [1.82, 2.24) is 10.2 Å². The Kier molecular flexibility index (Phi) is 9.94. The summed E-state index contributed by atoms with van der Waals surface area (Å²) < 4.78 is 5.25. The summed E-state index contributed by atoms with van der Waals surface area (Å²) >= 11 is 1.50. The van der Waals surface area contributed by atoms with Crippen LogP contribution in [0.4, 0.5) is 4.79 Å². The molecule has 5 nitrogen and oxygen atoms in total. The van der Waals surface area contributed by atoms with Crippen LogP contribution >= 0.6 is 11.8 Å². The molecule has 6 heteroatoms. The molecular formula is C20H26N2O3S. The van der Waals surface area contributed by atoms with Crippen molar-refractivity contribution in [1.29, 1.82) is 0 Å². The zero-order valence-corrected chi connectivity index (χ0v) is 16.1. The van der Waals surface area contributed by atoms with Gasteiger partial charge in [0.2, 0.25) is 5.91 Å². The Morgan fingerprint density at radius 2 is 1.96 bits per heavy atom. The van der Waals surface area contributed by atoms with Crippen LogP contribution in [0.3, 0.4) is 0 Å². The second-order valence-corrected chi connectivity index (χ2v) is 6.81. The molecule has 0 bridgehead atoms. The number of nitrogens with one attached hydrogen (secondary N) is 1. The Bertz CT molecular complexity index is 642. The first-order valence-corrected chi connectivity index (χ1v) is 9.20. The van der Waals surface area contributed by atoms with E-state index in [1.54, 1.807) is 26.2 Å². The first-order valence-electron chi connectivity index (χ1n) is 8.21. The predicted molar refractivity (Wildman–Crippen MR) is 108 cm³/mol. The highest BCUT2D eigenvalue weighted by molar-refractivity contribution is 8.03. The van der Waals surface area contributed by atoms with Crippen LogP contribution in [0.1, 0.15) is 12.0 Å². The van der Waals surface area contributed by atoms with Crippen LogP contribution in [0.25, 0.3) is 0 Å². The Morgan fingerprint density at radius 1 is 1.27 bits per heavy atom. The third kappa shape index (κ3) is 8.58. The zero-order valence-electron chi connectivity index (χ0n) is 15.3. The number of carbonyl (C=O) groups is 2. The van der Waals surface area contributed by atoms with Crippen LogP contribution < -0.4 is 5.32 Å². The highest BCUT2D eigenvalue weighted by atomic mass is 32.2. The first-order chi connectivity index (χ1) is 12.5. The molecule has 1 aromatic rings. The van der Waals surface area contributed by atoms with E-state index < -0.39 is 6.09 Å². The van der Waals surface area contributed by atoms with Gasteiger partial charge in [-0.3, -0.25) is 4.79 Å². The lowest BCUT2D eigenvalue weighted by atomic mass is 10.2. The molecule has 1 unspecified atom stereocenters. The molecule has 0 heterocycles. The van der Waals surface area contributed by atoms with Gasteiger partial charge < -0.3 is 15.0 Å². The summed E-state index contributed by atoms with van der Waals surface area (Å²) in [7, 11) is 3.38. The number of amides is 2. The molecule has 140 valence electrons. The van der Waals surface area contributed by atoms with Crippen molar-refractivity contribution in [2.45, 2.75) is 19.1 Å². The summed E-state index contributed by atoms with van der Waals surface area (Å²) in [5, 5.41) is 2.78. The average molecular weight is 375 g/mol. The number of benzene rings is 1. The van der Waals surface area contributed by atoms with Gasteiger partial charge in [-0.1, -0.05) is 55.6 Å². The fourth-order valence-corrected chi connectivity index (χ4v) is 2.87. The molecule has 0 saturated carbocycles. The Morgan fingerprint density at radius 3 is 2.54 bits per heavy atom. The van der Waals surface area contributed by atoms with Crippen molar-refractivity contribution in [3.8, 4) is 0 Å². The summed E-state index contributed by atoms with van der Waals surface area (Å²) in [6.07, 6.45) is 4.87. The van der Waals surface area contributed by atoms with E-state index in [0.29, 0.717) is 5.75 Å². The summed E-state index contributed by atoms with van der Waals surface area (Å²) in [5.74, 6) is 0.456. The Labute approximate surface area is 159 Å². The van der Waals surface area contributed by atoms with E-state index in [-0.39, 0.29) is 25.0 Å².